The van der Waals surface area contributed by atoms with E-state index in [1.807, 2.05) is 67.6 Å². The van der Waals surface area contributed by atoms with Gasteiger partial charge in [0.1, 0.15) is 5.69 Å². The number of hydrogen-bond donors (Lipinski definition) is 1. The molecule has 0 saturated carbocycles. The molecule has 4 aromatic rings. The second-order valence-electron chi connectivity index (χ2n) is 7.38. The van der Waals surface area contributed by atoms with Crippen molar-refractivity contribution in [3.8, 4) is 0 Å². The predicted octanol–water partition coefficient (Wildman–Crippen LogP) is 4.24. The largest absolute Gasteiger partial charge is 0.346 e. The zero-order valence-corrected chi connectivity index (χ0v) is 17.0. The van der Waals surface area contributed by atoms with Gasteiger partial charge in [-0.1, -0.05) is 60.7 Å². The summed E-state index contributed by atoms with van der Waals surface area (Å²) in [6, 6.07) is 24.8. The van der Waals surface area contributed by atoms with Crippen LogP contribution in [0.4, 0.5) is 0 Å². The minimum atomic E-state index is -0.173. The van der Waals surface area contributed by atoms with Gasteiger partial charge < -0.3 is 9.88 Å². The highest BCUT2D eigenvalue weighted by Gasteiger charge is 2.14. The van der Waals surface area contributed by atoms with Crippen molar-refractivity contribution < 1.29 is 4.79 Å². The minimum absolute atomic E-state index is 0.115. The van der Waals surface area contributed by atoms with Gasteiger partial charge in [-0.2, -0.15) is 0 Å². The van der Waals surface area contributed by atoms with Crippen LogP contribution in [0.3, 0.4) is 0 Å². The average Bonchev–Trinajstić information content (AvgIpc) is 2.77. The molecule has 0 saturated heterocycles. The van der Waals surface area contributed by atoms with Crippen molar-refractivity contribution in [2.24, 2.45) is 0 Å². The topological polar surface area (TPSA) is 64.0 Å². The number of carbonyl (C=O) groups is 1. The van der Waals surface area contributed by atoms with Crippen LogP contribution >= 0.6 is 0 Å². The van der Waals surface area contributed by atoms with Crippen LogP contribution in [0, 0.1) is 6.92 Å². The van der Waals surface area contributed by atoms with Crippen molar-refractivity contribution in [2.75, 3.05) is 0 Å². The summed E-state index contributed by atoms with van der Waals surface area (Å²) in [6.45, 7) is 4.11. The molecule has 0 radical (unpaired) electrons. The van der Waals surface area contributed by atoms with E-state index in [2.05, 4.69) is 10.3 Å². The van der Waals surface area contributed by atoms with Gasteiger partial charge in [-0.3, -0.25) is 9.59 Å². The Morgan fingerprint density at radius 1 is 1.00 bits per heavy atom. The maximum atomic E-state index is 12.8. The molecule has 0 aliphatic heterocycles. The van der Waals surface area contributed by atoms with E-state index in [0.717, 1.165) is 11.1 Å². The Hall–Kier alpha value is -3.73. The SMILES string of the molecule is Cc1nc2cc(C(=O)NC(C)c3ccccc3)ccc2n(Cc2ccccc2)c1=O. The smallest absolute Gasteiger partial charge is 0.272 e. The molecule has 0 aliphatic carbocycles. The first-order chi connectivity index (χ1) is 14.5. The molecule has 4 rings (SSSR count). The zero-order chi connectivity index (χ0) is 21.1. The summed E-state index contributed by atoms with van der Waals surface area (Å²) in [5, 5.41) is 3.02. The lowest BCUT2D eigenvalue weighted by Gasteiger charge is -2.15. The molecule has 1 unspecified atom stereocenters. The lowest BCUT2D eigenvalue weighted by Crippen LogP contribution is -2.27. The Kier molecular flexibility index (Phi) is 5.44. The van der Waals surface area contributed by atoms with Crippen LogP contribution < -0.4 is 10.9 Å². The first-order valence-electron chi connectivity index (χ1n) is 9.94. The number of hydrogen-bond acceptors (Lipinski definition) is 3. The van der Waals surface area contributed by atoms with Gasteiger partial charge in [0.25, 0.3) is 11.5 Å². The first-order valence-corrected chi connectivity index (χ1v) is 9.94. The highest BCUT2D eigenvalue weighted by molar-refractivity contribution is 5.97. The van der Waals surface area contributed by atoms with Crippen molar-refractivity contribution in [1.29, 1.82) is 0 Å². The molecule has 0 spiro atoms. The van der Waals surface area contributed by atoms with E-state index < -0.39 is 0 Å². The molecular formula is C25H23N3O2. The van der Waals surface area contributed by atoms with Gasteiger partial charge in [0, 0.05) is 5.56 Å². The van der Waals surface area contributed by atoms with Crippen LogP contribution in [0.15, 0.2) is 83.7 Å². The van der Waals surface area contributed by atoms with Crippen LogP contribution in [0.5, 0.6) is 0 Å². The van der Waals surface area contributed by atoms with Gasteiger partial charge in [0.15, 0.2) is 0 Å². The lowest BCUT2D eigenvalue weighted by molar-refractivity contribution is 0.0940. The van der Waals surface area contributed by atoms with E-state index in [1.165, 1.54) is 0 Å². The molecule has 5 nitrogen and oxygen atoms in total. The van der Waals surface area contributed by atoms with Gasteiger partial charge in [-0.15, -0.1) is 0 Å². The van der Waals surface area contributed by atoms with Gasteiger partial charge in [-0.25, -0.2) is 4.98 Å². The summed E-state index contributed by atoms with van der Waals surface area (Å²) in [7, 11) is 0. The monoisotopic (exact) mass is 397 g/mol. The van der Waals surface area contributed by atoms with E-state index in [0.29, 0.717) is 28.8 Å². The van der Waals surface area contributed by atoms with Crippen LogP contribution in [0.1, 0.15) is 40.1 Å². The molecule has 150 valence electrons. The summed E-state index contributed by atoms with van der Waals surface area (Å²) < 4.78 is 1.71. The molecule has 0 fully saturated rings. The standard InChI is InChI=1S/C25H23N3O2/c1-17(20-11-7-4-8-12-20)27-24(29)21-13-14-23-22(15-21)26-18(2)25(30)28(23)16-19-9-5-3-6-10-19/h3-15,17H,16H2,1-2H3,(H,27,29). The summed E-state index contributed by atoms with van der Waals surface area (Å²) >= 11 is 0. The van der Waals surface area contributed by atoms with Crippen LogP contribution in [0.25, 0.3) is 11.0 Å². The maximum absolute atomic E-state index is 12.8. The normalized spacial score (nSPS) is 11.9. The number of fused-ring (bicyclic) bond motifs is 1. The Bertz CT molecular complexity index is 1250. The minimum Gasteiger partial charge on any atom is -0.346 e. The third kappa shape index (κ3) is 4.01. The van der Waals surface area contributed by atoms with E-state index in [-0.39, 0.29) is 17.5 Å². The molecule has 0 aliphatic rings. The van der Waals surface area contributed by atoms with Crippen LogP contribution in [-0.2, 0) is 6.54 Å². The maximum Gasteiger partial charge on any atom is 0.272 e. The Morgan fingerprint density at radius 2 is 1.67 bits per heavy atom. The summed E-state index contributed by atoms with van der Waals surface area (Å²) in [5.41, 5.74) is 4.21. The molecule has 1 heterocycles. The fraction of sp³-hybridized carbons (Fsp3) is 0.160. The summed E-state index contributed by atoms with van der Waals surface area (Å²) in [4.78, 5) is 30.0. The van der Waals surface area contributed by atoms with Gasteiger partial charge >= 0.3 is 0 Å². The van der Waals surface area contributed by atoms with E-state index in [1.54, 1.807) is 29.7 Å². The van der Waals surface area contributed by atoms with Crippen molar-refractivity contribution in [3.63, 3.8) is 0 Å². The van der Waals surface area contributed by atoms with Crippen LogP contribution in [-0.4, -0.2) is 15.5 Å². The van der Waals surface area contributed by atoms with Gasteiger partial charge in [0.05, 0.1) is 23.6 Å². The molecule has 1 N–H and O–H groups in total. The second-order valence-corrected chi connectivity index (χ2v) is 7.38. The third-order valence-electron chi connectivity index (χ3n) is 5.20. The lowest BCUT2D eigenvalue weighted by atomic mass is 10.1. The number of carbonyl (C=O) groups excluding carboxylic acids is 1. The Morgan fingerprint density at radius 3 is 2.37 bits per heavy atom. The summed E-state index contributed by atoms with van der Waals surface area (Å²) in [5.74, 6) is -0.173. The van der Waals surface area contributed by atoms with Crippen LogP contribution in [0.2, 0.25) is 0 Å². The second kappa shape index (κ2) is 8.33. The molecule has 1 atom stereocenters. The van der Waals surface area contributed by atoms with Gasteiger partial charge in [-0.05, 0) is 43.2 Å². The quantitative estimate of drug-likeness (QED) is 0.548. The third-order valence-corrected chi connectivity index (χ3v) is 5.20. The number of rotatable bonds is 5. The van der Waals surface area contributed by atoms with Crippen molar-refractivity contribution in [3.05, 3.63) is 112 Å². The summed E-state index contributed by atoms with van der Waals surface area (Å²) in [6.07, 6.45) is 0. The number of aryl methyl sites for hydroxylation is 1. The number of benzene rings is 3. The molecular weight excluding hydrogens is 374 g/mol. The molecule has 1 amide bonds. The number of aromatic nitrogens is 2. The Labute approximate surface area is 175 Å². The number of nitrogens with one attached hydrogen (secondary N) is 1. The predicted molar refractivity (Wildman–Crippen MR) is 119 cm³/mol. The fourth-order valence-corrected chi connectivity index (χ4v) is 3.54. The van der Waals surface area contributed by atoms with Crippen molar-refractivity contribution in [1.82, 2.24) is 14.9 Å². The number of nitrogens with zero attached hydrogens (tertiary/aromatic N) is 2. The molecule has 30 heavy (non-hydrogen) atoms. The number of amides is 1. The molecule has 1 aromatic heterocycles. The van der Waals surface area contributed by atoms with Gasteiger partial charge in [0.2, 0.25) is 0 Å². The fourth-order valence-electron chi connectivity index (χ4n) is 3.54. The molecule has 0 bridgehead atoms. The Balaban J connectivity index is 1.66. The first kappa shape index (κ1) is 19.6. The average molecular weight is 397 g/mol. The molecule has 5 heteroatoms. The zero-order valence-electron chi connectivity index (χ0n) is 17.0. The van der Waals surface area contributed by atoms with E-state index >= 15 is 0 Å². The van der Waals surface area contributed by atoms with Crippen molar-refractivity contribution in [2.45, 2.75) is 26.4 Å². The highest BCUT2D eigenvalue weighted by Crippen LogP contribution is 2.17. The highest BCUT2D eigenvalue weighted by atomic mass is 16.1. The molecule has 3 aromatic carbocycles. The van der Waals surface area contributed by atoms with Crippen molar-refractivity contribution >= 4 is 16.9 Å². The van der Waals surface area contributed by atoms with E-state index in [9.17, 15) is 9.59 Å². The van der Waals surface area contributed by atoms with E-state index in [4.69, 9.17) is 0 Å².